The van der Waals surface area contributed by atoms with Crippen LogP contribution in [0.5, 0.6) is 0 Å². The lowest BCUT2D eigenvalue weighted by Crippen LogP contribution is -1.79. The zero-order valence-electron chi connectivity index (χ0n) is 6.40. The second kappa shape index (κ2) is 3.06. The second-order valence-corrected chi connectivity index (χ2v) is 3.23. The first-order valence-electron chi connectivity index (χ1n) is 3.60. The van der Waals surface area contributed by atoms with Crippen molar-refractivity contribution in [2.45, 2.75) is 26.7 Å². The summed E-state index contributed by atoms with van der Waals surface area (Å²) in [5.41, 5.74) is 9.61. The van der Waals surface area contributed by atoms with Crippen molar-refractivity contribution in [3.8, 4) is 0 Å². The van der Waals surface area contributed by atoms with Crippen LogP contribution >= 0.6 is 11.3 Å². The zero-order chi connectivity index (χ0) is 7.56. The summed E-state index contributed by atoms with van der Waals surface area (Å²) in [6, 6.07) is 0. The molecule has 0 aromatic carbocycles. The van der Waals surface area contributed by atoms with Crippen LogP contribution < -0.4 is 5.73 Å². The first kappa shape index (κ1) is 7.61. The van der Waals surface area contributed by atoms with E-state index in [2.05, 4.69) is 19.2 Å². The molecule has 1 aromatic rings. The number of aryl methyl sites for hydroxylation is 2. The molecule has 0 saturated carbocycles. The van der Waals surface area contributed by atoms with E-state index in [1.165, 1.54) is 10.4 Å². The largest absolute Gasteiger partial charge is 0.299 e. The number of rotatable bonds is 2. The molecule has 2 heteroatoms. The van der Waals surface area contributed by atoms with Crippen molar-refractivity contribution in [2.75, 3.05) is 0 Å². The van der Waals surface area contributed by atoms with Crippen molar-refractivity contribution >= 4 is 17.0 Å². The Morgan fingerprint density at radius 1 is 1.40 bits per heavy atom. The first-order valence-corrected chi connectivity index (χ1v) is 4.48. The molecule has 0 spiro atoms. The third-order valence-corrected chi connectivity index (χ3v) is 2.83. The van der Waals surface area contributed by atoms with E-state index < -0.39 is 0 Å². The van der Waals surface area contributed by atoms with Crippen molar-refractivity contribution < 1.29 is 0 Å². The Balaban J connectivity index is 2.97. The predicted octanol–water partition coefficient (Wildman–Crippen LogP) is 2.79. The average Bonchev–Trinajstić information content (AvgIpc) is 2.30. The molecule has 1 heterocycles. The van der Waals surface area contributed by atoms with Crippen LogP contribution in [0.2, 0.25) is 0 Å². The molecule has 0 fully saturated rings. The minimum Gasteiger partial charge on any atom is -0.299 e. The fourth-order valence-electron chi connectivity index (χ4n) is 0.959. The van der Waals surface area contributed by atoms with Crippen LogP contribution in [0.3, 0.4) is 0 Å². The molecule has 1 nitrogen and oxygen atoms in total. The van der Waals surface area contributed by atoms with Crippen LogP contribution in [0.1, 0.15) is 24.3 Å². The standard InChI is InChI=1S/C8H12NS/c1-3-6-5-10-7(4-2)8(6)9/h5,9H,3-4H2,1-2H3. The predicted molar refractivity (Wildman–Crippen MR) is 45.8 cm³/mol. The van der Waals surface area contributed by atoms with E-state index in [0.717, 1.165) is 18.5 Å². The minimum absolute atomic E-state index is 0.773. The van der Waals surface area contributed by atoms with Crippen molar-refractivity contribution in [1.29, 1.82) is 0 Å². The Morgan fingerprint density at radius 3 is 2.40 bits per heavy atom. The molecule has 0 aliphatic carbocycles. The van der Waals surface area contributed by atoms with Gasteiger partial charge in [-0.05, 0) is 23.8 Å². The zero-order valence-corrected chi connectivity index (χ0v) is 7.22. The normalized spacial score (nSPS) is 10.2. The Morgan fingerprint density at radius 2 is 2.10 bits per heavy atom. The molecule has 1 aromatic heterocycles. The summed E-state index contributed by atoms with van der Waals surface area (Å²) in [6.45, 7) is 4.20. The van der Waals surface area contributed by atoms with Gasteiger partial charge in [-0.1, -0.05) is 13.8 Å². The van der Waals surface area contributed by atoms with Gasteiger partial charge in [0.25, 0.3) is 0 Å². The van der Waals surface area contributed by atoms with E-state index in [9.17, 15) is 0 Å². The minimum atomic E-state index is 0.773. The number of hydrogen-bond donors (Lipinski definition) is 0. The van der Waals surface area contributed by atoms with E-state index in [1.54, 1.807) is 11.3 Å². The molecule has 0 aliphatic rings. The highest BCUT2D eigenvalue weighted by Gasteiger charge is 2.04. The van der Waals surface area contributed by atoms with Gasteiger partial charge in [0, 0.05) is 4.88 Å². The molecule has 0 saturated heterocycles. The highest BCUT2D eigenvalue weighted by atomic mass is 32.1. The van der Waals surface area contributed by atoms with Gasteiger partial charge in [0.05, 0.1) is 5.69 Å². The Labute approximate surface area is 65.9 Å². The van der Waals surface area contributed by atoms with Crippen molar-refractivity contribution in [3.05, 3.63) is 15.8 Å². The van der Waals surface area contributed by atoms with Gasteiger partial charge >= 0.3 is 0 Å². The van der Waals surface area contributed by atoms with E-state index in [-0.39, 0.29) is 0 Å². The maximum Gasteiger partial charge on any atom is 0.0710 e. The van der Waals surface area contributed by atoms with E-state index in [0.29, 0.717) is 0 Å². The molecule has 0 amide bonds. The summed E-state index contributed by atoms with van der Waals surface area (Å²) < 4.78 is 0. The Kier molecular flexibility index (Phi) is 2.33. The van der Waals surface area contributed by atoms with Gasteiger partial charge in [0.1, 0.15) is 0 Å². The van der Waals surface area contributed by atoms with Crippen molar-refractivity contribution in [1.82, 2.24) is 5.73 Å². The summed E-state index contributed by atoms with van der Waals surface area (Å²) in [6.07, 6.45) is 2.00. The van der Waals surface area contributed by atoms with Crippen LogP contribution in [0.15, 0.2) is 5.38 Å². The lowest BCUT2D eigenvalue weighted by molar-refractivity contribution is 1.11. The van der Waals surface area contributed by atoms with Crippen LogP contribution in [-0.4, -0.2) is 0 Å². The monoisotopic (exact) mass is 154 g/mol. The maximum absolute atomic E-state index is 7.64. The van der Waals surface area contributed by atoms with E-state index in [4.69, 9.17) is 5.73 Å². The van der Waals surface area contributed by atoms with Gasteiger partial charge in [-0.2, -0.15) is 0 Å². The number of nitrogens with one attached hydrogen (secondary N) is 1. The van der Waals surface area contributed by atoms with Crippen molar-refractivity contribution in [2.24, 2.45) is 0 Å². The maximum atomic E-state index is 7.64. The average molecular weight is 154 g/mol. The molecule has 1 radical (unpaired) electrons. The van der Waals surface area contributed by atoms with Crippen molar-refractivity contribution in [3.63, 3.8) is 0 Å². The van der Waals surface area contributed by atoms with Gasteiger partial charge in [-0.15, -0.1) is 11.3 Å². The van der Waals surface area contributed by atoms with Gasteiger partial charge in [-0.25, -0.2) is 0 Å². The molecule has 0 unspecified atom stereocenters. The molecule has 0 atom stereocenters. The highest BCUT2D eigenvalue weighted by Crippen LogP contribution is 2.26. The summed E-state index contributed by atoms with van der Waals surface area (Å²) >= 11 is 1.71. The van der Waals surface area contributed by atoms with Gasteiger partial charge in [0.15, 0.2) is 0 Å². The summed E-state index contributed by atoms with van der Waals surface area (Å²) in [5, 5.41) is 2.10. The van der Waals surface area contributed by atoms with Crippen LogP contribution in [-0.2, 0) is 12.8 Å². The number of hydrogen-bond acceptors (Lipinski definition) is 1. The third-order valence-electron chi connectivity index (χ3n) is 1.65. The van der Waals surface area contributed by atoms with Gasteiger partial charge in [-0.3, -0.25) is 5.73 Å². The Hall–Kier alpha value is -0.500. The van der Waals surface area contributed by atoms with E-state index >= 15 is 0 Å². The fraction of sp³-hybridized carbons (Fsp3) is 0.500. The van der Waals surface area contributed by atoms with Crippen LogP contribution in [0, 0.1) is 0 Å². The SMILES string of the molecule is CCc1csc(CC)c1[NH]. The smallest absolute Gasteiger partial charge is 0.0710 e. The van der Waals surface area contributed by atoms with Gasteiger partial charge < -0.3 is 0 Å². The number of thiophene rings is 1. The molecule has 0 aliphatic heterocycles. The van der Waals surface area contributed by atoms with E-state index in [1.807, 2.05) is 0 Å². The first-order chi connectivity index (χ1) is 4.79. The molecular formula is C8H12NS. The lowest BCUT2D eigenvalue weighted by atomic mass is 10.2. The topological polar surface area (TPSA) is 23.8 Å². The third kappa shape index (κ3) is 1.16. The molecule has 55 valence electrons. The molecule has 0 bridgehead atoms. The Bertz CT molecular complexity index is 194. The molecule has 10 heavy (non-hydrogen) atoms. The highest BCUT2D eigenvalue weighted by molar-refractivity contribution is 7.10. The van der Waals surface area contributed by atoms with Gasteiger partial charge in [0.2, 0.25) is 0 Å². The second-order valence-electron chi connectivity index (χ2n) is 2.27. The summed E-state index contributed by atoms with van der Waals surface area (Å²) in [7, 11) is 0. The lowest BCUT2D eigenvalue weighted by Gasteiger charge is -1.93. The fourth-order valence-corrected chi connectivity index (χ4v) is 1.94. The molecule has 1 N–H and O–H groups in total. The van der Waals surface area contributed by atoms with Crippen LogP contribution in [0.25, 0.3) is 0 Å². The molecule has 1 rings (SSSR count). The quantitative estimate of drug-likeness (QED) is 0.625. The summed E-state index contributed by atoms with van der Waals surface area (Å²) in [4.78, 5) is 1.22. The van der Waals surface area contributed by atoms with Crippen LogP contribution in [0.4, 0.5) is 5.69 Å². The summed E-state index contributed by atoms with van der Waals surface area (Å²) in [5.74, 6) is 0. The molecular weight excluding hydrogens is 142 g/mol.